The molecule has 0 aromatic heterocycles. The van der Waals surface area contributed by atoms with Crippen LogP contribution in [0.2, 0.25) is 0 Å². The molecule has 0 saturated heterocycles. The minimum Gasteiger partial charge on any atom is -0.493 e. The third kappa shape index (κ3) is 3.36. The summed E-state index contributed by atoms with van der Waals surface area (Å²) in [6.45, 7) is 4.24. The number of allylic oxidation sites excluding steroid dienone is 2. The molecule has 0 spiro atoms. The monoisotopic (exact) mass is 247 g/mol. The number of aliphatic imine (C=N–C) groups is 1. The van der Waals surface area contributed by atoms with Crippen molar-refractivity contribution >= 4 is 5.71 Å². The summed E-state index contributed by atoms with van der Waals surface area (Å²) in [6, 6.07) is 5.83. The van der Waals surface area contributed by atoms with Gasteiger partial charge in [0.05, 0.1) is 19.9 Å². The summed E-state index contributed by atoms with van der Waals surface area (Å²) in [6.07, 6.45) is 3.12. The lowest BCUT2D eigenvalue weighted by Crippen LogP contribution is -2.00. The molecular formula is C15H21NO2. The standard InChI is InChI=1S/C15H21NO2/c1-6-11(2)9-13(16-3)12-7-8-14(17-4)15(10-12)18-5/h7-10H,6H2,1-5H3/b11-9-,16-13?. The van der Waals surface area contributed by atoms with E-state index in [-0.39, 0.29) is 0 Å². The van der Waals surface area contributed by atoms with E-state index in [1.807, 2.05) is 18.2 Å². The molecule has 0 bridgehead atoms. The van der Waals surface area contributed by atoms with E-state index in [1.165, 1.54) is 5.57 Å². The Morgan fingerprint density at radius 2 is 1.89 bits per heavy atom. The molecule has 0 atom stereocenters. The third-order valence-electron chi connectivity index (χ3n) is 2.86. The van der Waals surface area contributed by atoms with Crippen molar-refractivity contribution in [2.75, 3.05) is 21.3 Å². The van der Waals surface area contributed by atoms with Crippen molar-refractivity contribution in [1.29, 1.82) is 0 Å². The highest BCUT2D eigenvalue weighted by Gasteiger charge is 2.07. The van der Waals surface area contributed by atoms with Gasteiger partial charge in [-0.3, -0.25) is 4.99 Å². The predicted molar refractivity (Wildman–Crippen MR) is 76.1 cm³/mol. The zero-order valence-corrected chi connectivity index (χ0v) is 11.8. The van der Waals surface area contributed by atoms with E-state index in [9.17, 15) is 0 Å². The van der Waals surface area contributed by atoms with Crippen LogP contribution in [-0.2, 0) is 0 Å². The fraction of sp³-hybridized carbons (Fsp3) is 0.400. The van der Waals surface area contributed by atoms with Gasteiger partial charge < -0.3 is 9.47 Å². The molecular weight excluding hydrogens is 226 g/mol. The average molecular weight is 247 g/mol. The molecule has 0 aliphatic heterocycles. The van der Waals surface area contributed by atoms with Gasteiger partial charge in [0.1, 0.15) is 0 Å². The Balaban J connectivity index is 3.16. The molecule has 18 heavy (non-hydrogen) atoms. The molecule has 3 nitrogen and oxygen atoms in total. The van der Waals surface area contributed by atoms with Gasteiger partial charge >= 0.3 is 0 Å². The van der Waals surface area contributed by atoms with Crippen LogP contribution in [0.3, 0.4) is 0 Å². The highest BCUT2D eigenvalue weighted by atomic mass is 16.5. The van der Waals surface area contributed by atoms with E-state index in [0.29, 0.717) is 0 Å². The molecule has 1 aromatic rings. The third-order valence-corrected chi connectivity index (χ3v) is 2.86. The lowest BCUT2D eigenvalue weighted by Gasteiger charge is -2.10. The molecule has 98 valence electrons. The van der Waals surface area contributed by atoms with Gasteiger partial charge in [-0.25, -0.2) is 0 Å². The summed E-state index contributed by atoms with van der Waals surface area (Å²) in [7, 11) is 5.07. The average Bonchev–Trinajstić information content (AvgIpc) is 2.43. The molecule has 1 aromatic carbocycles. The molecule has 0 aliphatic rings. The Hall–Kier alpha value is -1.77. The minimum atomic E-state index is 0.721. The molecule has 0 aliphatic carbocycles. The lowest BCUT2D eigenvalue weighted by molar-refractivity contribution is 0.355. The second-order valence-electron chi connectivity index (χ2n) is 4.02. The highest BCUT2D eigenvalue weighted by Crippen LogP contribution is 2.28. The summed E-state index contributed by atoms with van der Waals surface area (Å²) >= 11 is 0. The SMILES string of the molecule is CC/C(C)=C\C(=NC)c1ccc(OC)c(OC)c1. The Labute approximate surface area is 109 Å². The molecule has 0 fully saturated rings. The Morgan fingerprint density at radius 1 is 1.22 bits per heavy atom. The van der Waals surface area contributed by atoms with E-state index in [2.05, 4.69) is 24.9 Å². The molecule has 0 amide bonds. The van der Waals surface area contributed by atoms with E-state index in [1.54, 1.807) is 21.3 Å². The first-order chi connectivity index (χ1) is 8.65. The minimum absolute atomic E-state index is 0.721. The summed E-state index contributed by atoms with van der Waals surface area (Å²) < 4.78 is 10.5. The van der Waals surface area contributed by atoms with Gasteiger partial charge in [-0.15, -0.1) is 0 Å². The predicted octanol–water partition coefficient (Wildman–Crippen LogP) is 3.48. The van der Waals surface area contributed by atoms with Crippen LogP contribution in [0.4, 0.5) is 0 Å². The van der Waals surface area contributed by atoms with Crippen molar-refractivity contribution in [2.45, 2.75) is 20.3 Å². The molecule has 1 rings (SSSR count). The Bertz CT molecular complexity index is 462. The van der Waals surface area contributed by atoms with E-state index in [0.717, 1.165) is 29.2 Å². The quantitative estimate of drug-likeness (QED) is 0.746. The number of methoxy groups -OCH3 is 2. The van der Waals surface area contributed by atoms with Gasteiger partial charge in [-0.2, -0.15) is 0 Å². The number of hydrogen-bond acceptors (Lipinski definition) is 3. The van der Waals surface area contributed by atoms with Crippen LogP contribution >= 0.6 is 0 Å². The zero-order chi connectivity index (χ0) is 13.5. The van der Waals surface area contributed by atoms with Crippen LogP contribution in [0, 0.1) is 0 Å². The number of ether oxygens (including phenoxy) is 2. The van der Waals surface area contributed by atoms with Gasteiger partial charge in [0.25, 0.3) is 0 Å². The first-order valence-electron chi connectivity index (χ1n) is 6.02. The first-order valence-corrected chi connectivity index (χ1v) is 6.02. The molecule has 0 saturated carbocycles. The second kappa shape index (κ2) is 6.84. The van der Waals surface area contributed by atoms with Gasteiger partial charge in [0.2, 0.25) is 0 Å². The molecule has 0 N–H and O–H groups in total. The second-order valence-corrected chi connectivity index (χ2v) is 4.02. The number of benzene rings is 1. The Kier molecular flexibility index (Phi) is 5.43. The van der Waals surface area contributed by atoms with Crippen molar-refractivity contribution in [3.05, 3.63) is 35.4 Å². The maximum atomic E-state index is 5.30. The van der Waals surface area contributed by atoms with E-state index < -0.39 is 0 Å². The molecule has 0 heterocycles. The van der Waals surface area contributed by atoms with Crippen LogP contribution in [0.5, 0.6) is 11.5 Å². The fourth-order valence-electron chi connectivity index (χ4n) is 1.61. The van der Waals surface area contributed by atoms with Crippen molar-refractivity contribution < 1.29 is 9.47 Å². The van der Waals surface area contributed by atoms with Crippen LogP contribution in [-0.4, -0.2) is 27.0 Å². The van der Waals surface area contributed by atoms with Gasteiger partial charge in [0, 0.05) is 12.6 Å². The fourth-order valence-corrected chi connectivity index (χ4v) is 1.61. The van der Waals surface area contributed by atoms with Crippen molar-refractivity contribution in [3.8, 4) is 11.5 Å². The van der Waals surface area contributed by atoms with Crippen LogP contribution in [0.15, 0.2) is 34.8 Å². The maximum Gasteiger partial charge on any atom is 0.161 e. The van der Waals surface area contributed by atoms with Crippen molar-refractivity contribution in [1.82, 2.24) is 0 Å². The summed E-state index contributed by atoms with van der Waals surface area (Å²) in [5.74, 6) is 1.45. The van der Waals surface area contributed by atoms with Gasteiger partial charge in [-0.05, 0) is 37.6 Å². The van der Waals surface area contributed by atoms with Gasteiger partial charge in [-0.1, -0.05) is 12.5 Å². The summed E-state index contributed by atoms with van der Waals surface area (Å²) in [4.78, 5) is 4.32. The molecule has 3 heteroatoms. The molecule has 0 unspecified atom stereocenters. The Morgan fingerprint density at radius 3 is 2.39 bits per heavy atom. The highest BCUT2D eigenvalue weighted by molar-refractivity contribution is 6.09. The van der Waals surface area contributed by atoms with Gasteiger partial charge in [0.15, 0.2) is 11.5 Å². The van der Waals surface area contributed by atoms with Crippen molar-refractivity contribution in [2.24, 2.45) is 4.99 Å². The van der Waals surface area contributed by atoms with Crippen LogP contribution < -0.4 is 9.47 Å². The van der Waals surface area contributed by atoms with Crippen molar-refractivity contribution in [3.63, 3.8) is 0 Å². The normalized spacial score (nSPS) is 12.5. The van der Waals surface area contributed by atoms with Crippen LogP contribution in [0.1, 0.15) is 25.8 Å². The molecule has 0 radical (unpaired) electrons. The van der Waals surface area contributed by atoms with Crippen LogP contribution in [0.25, 0.3) is 0 Å². The smallest absolute Gasteiger partial charge is 0.161 e. The summed E-state index contributed by atoms with van der Waals surface area (Å²) in [5.41, 5.74) is 3.28. The maximum absolute atomic E-state index is 5.30. The lowest BCUT2D eigenvalue weighted by atomic mass is 10.1. The van der Waals surface area contributed by atoms with E-state index in [4.69, 9.17) is 9.47 Å². The zero-order valence-electron chi connectivity index (χ0n) is 11.8. The van der Waals surface area contributed by atoms with E-state index >= 15 is 0 Å². The number of nitrogens with zero attached hydrogens (tertiary/aromatic N) is 1. The number of rotatable bonds is 5. The first kappa shape index (κ1) is 14.3. The number of hydrogen-bond donors (Lipinski definition) is 0. The topological polar surface area (TPSA) is 30.8 Å². The summed E-state index contributed by atoms with van der Waals surface area (Å²) in [5, 5.41) is 0. The largest absolute Gasteiger partial charge is 0.493 e.